The van der Waals surface area contributed by atoms with E-state index in [4.69, 9.17) is 9.69 Å². The minimum absolute atomic E-state index is 0.855. The Hall–Kier alpha value is -0.767. The van der Waals surface area contributed by atoms with Gasteiger partial charge in [0.15, 0.2) is 0 Å². The number of hydrogen-bond acceptors (Lipinski definition) is 4. The second-order valence-electron chi connectivity index (χ2n) is 1.02. The first-order valence-electron chi connectivity index (χ1n) is 1.61. The summed E-state index contributed by atoms with van der Waals surface area (Å²) in [5.41, 5.74) is 0. The second-order valence-corrected chi connectivity index (χ2v) is 9.04. The second kappa shape index (κ2) is 2.46. The third kappa shape index (κ3) is 1.21. The Morgan fingerprint density at radius 2 is 1.00 bits per heavy atom. The van der Waals surface area contributed by atoms with Gasteiger partial charge in [-0.15, -0.1) is 0 Å². The molecule has 0 saturated carbocycles. The minimum atomic E-state index is -5.32. The summed E-state index contributed by atoms with van der Waals surface area (Å²) in [6, 6.07) is 0. The molecule has 0 heterocycles. The van der Waals surface area contributed by atoms with Crippen molar-refractivity contribution in [2.75, 3.05) is 0 Å². The zero-order valence-corrected chi connectivity index (χ0v) is 6.74. The zero-order chi connectivity index (χ0) is 8.28. The van der Waals surface area contributed by atoms with Gasteiger partial charge in [-0.2, -0.15) is 0 Å². The van der Waals surface area contributed by atoms with Gasteiger partial charge in [0.2, 0.25) is 0 Å². The third-order valence-corrected chi connectivity index (χ3v) is 4.24. The van der Waals surface area contributed by atoms with E-state index in [1.54, 1.807) is 0 Å². The van der Waals surface area contributed by atoms with Gasteiger partial charge in [-0.1, -0.05) is 0 Å². The van der Waals surface area contributed by atoms with Crippen LogP contribution in [-0.4, -0.2) is 17.9 Å². The predicted octanol–water partition coefficient (Wildman–Crippen LogP) is -0.901. The van der Waals surface area contributed by atoms with E-state index in [0.29, 0.717) is 0 Å². The molecule has 0 aliphatic rings. The van der Waals surface area contributed by atoms with Gasteiger partial charge in [-0.05, 0) is 0 Å². The van der Waals surface area contributed by atoms with Gasteiger partial charge in [0.1, 0.15) is 0 Å². The number of hydrogen-bond donors (Lipinski definition) is 0. The standard InChI is InChI=1S/4CO.ClH.Rh/c4*1-2;;/h;;;;1H;/q;;;;;+1/p-1. The van der Waals surface area contributed by atoms with E-state index in [9.17, 15) is 19.2 Å². The van der Waals surface area contributed by atoms with Gasteiger partial charge in [-0.3, -0.25) is 0 Å². The summed E-state index contributed by atoms with van der Waals surface area (Å²) in [6.07, 6.45) is 0. The zero-order valence-electron chi connectivity index (χ0n) is 4.34. The van der Waals surface area contributed by atoms with E-state index in [2.05, 4.69) is 0 Å². The van der Waals surface area contributed by atoms with Crippen LogP contribution in [0.5, 0.6) is 0 Å². The van der Waals surface area contributed by atoms with Gasteiger partial charge in [0.25, 0.3) is 0 Å². The van der Waals surface area contributed by atoms with Crippen molar-refractivity contribution in [3.63, 3.8) is 0 Å². The first-order valence-corrected chi connectivity index (χ1v) is 7.00. The molecule has 0 aromatic carbocycles. The van der Waals surface area contributed by atoms with Gasteiger partial charge in [0, 0.05) is 0 Å². The van der Waals surface area contributed by atoms with Crippen molar-refractivity contribution in [1.29, 1.82) is 0 Å². The maximum atomic E-state index is 9.87. The summed E-state index contributed by atoms with van der Waals surface area (Å²) in [5.74, 6) is 0. The van der Waals surface area contributed by atoms with Gasteiger partial charge in [-0.25, -0.2) is 0 Å². The van der Waals surface area contributed by atoms with Crippen LogP contribution in [-0.2, 0) is 30.0 Å². The average Bonchev–Trinajstić information content (AvgIpc) is 2.04. The molecule has 4 nitrogen and oxygen atoms in total. The Labute approximate surface area is 57.9 Å². The molecule has 0 atom stereocenters. The van der Waals surface area contributed by atoms with E-state index in [1.807, 2.05) is 0 Å². The third-order valence-electron chi connectivity index (χ3n) is 0.511. The molecular weight excluding hydrogens is 250 g/mol. The Balaban J connectivity index is 8.22. The van der Waals surface area contributed by atoms with Crippen LogP contribution in [0.4, 0.5) is 0 Å². The average molecular weight is 250 g/mol. The first kappa shape index (κ1) is 9.23. The SMILES string of the molecule is O=[C]=[Rh]([Cl])(=[C]=O)(=[C]=O)=[C]=O. The van der Waals surface area contributed by atoms with Crippen LogP contribution in [0.1, 0.15) is 0 Å². The molecule has 56 valence electrons. The molecule has 0 fully saturated rings. The van der Waals surface area contributed by atoms with Gasteiger partial charge < -0.3 is 0 Å². The van der Waals surface area contributed by atoms with Crippen LogP contribution >= 0.6 is 9.69 Å². The summed E-state index contributed by atoms with van der Waals surface area (Å²) >= 11 is 0. The Bertz CT molecular complexity index is 454. The summed E-state index contributed by atoms with van der Waals surface area (Å²) in [7, 11) is -0.313. The fourth-order valence-electron chi connectivity index (χ4n) is 0.0833. The molecule has 0 aromatic heterocycles. The number of rotatable bonds is 0. The molecule has 0 radical (unpaired) electrons. The maximum absolute atomic E-state index is 9.87. The van der Waals surface area contributed by atoms with Crippen LogP contribution in [0.15, 0.2) is 0 Å². The molecule has 0 aromatic rings. The molecule has 0 bridgehead atoms. The van der Waals surface area contributed by atoms with Crippen molar-refractivity contribution in [2.45, 2.75) is 0 Å². The first-order chi connectivity index (χ1) is 4.54. The van der Waals surface area contributed by atoms with Crippen LogP contribution in [0.25, 0.3) is 0 Å². The summed E-state index contributed by atoms with van der Waals surface area (Å²) in [6.45, 7) is 0. The molecule has 0 unspecified atom stereocenters. The quantitative estimate of drug-likeness (QED) is 0.523. The molecule has 0 rings (SSSR count). The molecule has 0 aliphatic heterocycles. The van der Waals surface area contributed by atoms with Crippen molar-refractivity contribution in [3.8, 4) is 0 Å². The van der Waals surface area contributed by atoms with E-state index < -0.39 is 10.8 Å². The molecule has 0 N–H and O–H groups in total. The van der Waals surface area contributed by atoms with Crippen LogP contribution in [0.2, 0.25) is 0 Å². The fraction of sp³-hybridized carbons (Fsp3) is 0. The molecular formula is C4ClO4Rh. The van der Waals surface area contributed by atoms with E-state index in [-0.39, 0.29) is 0 Å². The fourth-order valence-corrected chi connectivity index (χ4v) is 0.493. The molecule has 0 amide bonds. The molecule has 10 heavy (non-hydrogen) atoms. The Morgan fingerprint density at radius 3 is 1.00 bits per heavy atom. The summed E-state index contributed by atoms with van der Waals surface area (Å²) in [4.78, 5) is 39.5. The van der Waals surface area contributed by atoms with Crippen LogP contribution in [0.3, 0.4) is 0 Å². The number of halogens is 1. The van der Waals surface area contributed by atoms with Gasteiger partial charge >= 0.3 is 57.6 Å². The van der Waals surface area contributed by atoms with E-state index >= 15 is 0 Å². The molecule has 0 aliphatic carbocycles. The van der Waals surface area contributed by atoms with Crippen molar-refractivity contribution in [1.82, 2.24) is 0 Å². The van der Waals surface area contributed by atoms with Crippen molar-refractivity contribution >= 4 is 27.6 Å². The van der Waals surface area contributed by atoms with Crippen molar-refractivity contribution < 1.29 is 30.0 Å². The Kier molecular flexibility index (Phi) is 2.27. The van der Waals surface area contributed by atoms with Gasteiger partial charge in [0.05, 0.1) is 0 Å². The van der Waals surface area contributed by atoms with Crippen molar-refractivity contribution in [3.05, 3.63) is 0 Å². The number of carbonyl (C=O) groups excluding carboxylic acids is 4. The van der Waals surface area contributed by atoms with E-state index in [1.165, 1.54) is 0 Å². The molecule has 6 heteroatoms. The normalized spacial score (nSPS) is 12.7. The van der Waals surface area contributed by atoms with E-state index in [0.717, 1.165) is 17.9 Å². The van der Waals surface area contributed by atoms with Crippen LogP contribution in [0, 0.1) is 0 Å². The summed E-state index contributed by atoms with van der Waals surface area (Å²) < 4.78 is 3.42. The molecule has 0 saturated heterocycles. The Morgan fingerprint density at radius 1 is 0.800 bits per heavy atom. The molecule has 0 spiro atoms. The van der Waals surface area contributed by atoms with Crippen LogP contribution < -0.4 is 0 Å². The monoisotopic (exact) mass is 250 g/mol. The predicted molar refractivity (Wildman–Crippen MR) is 28.6 cm³/mol. The summed E-state index contributed by atoms with van der Waals surface area (Å²) in [5, 5.41) is 0. The topological polar surface area (TPSA) is 68.3 Å². The van der Waals surface area contributed by atoms with Crippen molar-refractivity contribution in [2.24, 2.45) is 0 Å².